The molecule has 2 aromatic rings. The van der Waals surface area contributed by atoms with Gasteiger partial charge >= 0.3 is 6.18 Å². The zero-order chi connectivity index (χ0) is 19.0. The van der Waals surface area contributed by atoms with Crippen LogP contribution in [-0.4, -0.2) is 23.7 Å². The summed E-state index contributed by atoms with van der Waals surface area (Å²) in [6.45, 7) is 4.17. The number of ether oxygens (including phenoxy) is 1. The van der Waals surface area contributed by atoms with Crippen LogP contribution in [0.25, 0.3) is 10.9 Å². The Morgan fingerprint density at radius 3 is 2.44 bits per heavy atom. The number of carbonyl (C=O) groups is 1. The van der Waals surface area contributed by atoms with E-state index in [0.717, 1.165) is 0 Å². The van der Waals surface area contributed by atoms with Gasteiger partial charge in [0.1, 0.15) is 11.4 Å². The number of alkyl halides is 3. The van der Waals surface area contributed by atoms with Crippen molar-refractivity contribution in [2.45, 2.75) is 32.4 Å². The Kier molecular flexibility index (Phi) is 5.15. The minimum Gasteiger partial charge on any atom is -0.484 e. The second-order valence-electron chi connectivity index (χ2n) is 6.48. The second-order valence-corrected chi connectivity index (χ2v) is 6.89. The van der Waals surface area contributed by atoms with E-state index in [-0.39, 0.29) is 16.5 Å². The van der Waals surface area contributed by atoms with E-state index in [4.69, 9.17) is 22.2 Å². The van der Waals surface area contributed by atoms with Crippen LogP contribution in [-0.2, 0) is 5.41 Å². The first-order valence-electron chi connectivity index (χ1n) is 7.27. The summed E-state index contributed by atoms with van der Waals surface area (Å²) in [5, 5.41) is 0.548. The molecule has 0 saturated heterocycles. The maximum Gasteiger partial charge on any atom is 0.422 e. The first-order chi connectivity index (χ1) is 11.4. The molecular weight excluding hydrogens is 359 g/mol. The van der Waals surface area contributed by atoms with Gasteiger partial charge in [-0.1, -0.05) is 32.4 Å². The highest BCUT2D eigenvalue weighted by molar-refractivity contribution is 6.35. The molecule has 0 radical (unpaired) electrons. The van der Waals surface area contributed by atoms with Gasteiger partial charge in [-0.3, -0.25) is 10.2 Å². The Balaban J connectivity index is 2.67. The molecule has 0 aliphatic heterocycles. The highest BCUT2D eigenvalue weighted by Crippen LogP contribution is 2.36. The van der Waals surface area contributed by atoms with Crippen LogP contribution < -0.4 is 16.0 Å². The topological polar surface area (TPSA) is 77.2 Å². The van der Waals surface area contributed by atoms with Crippen molar-refractivity contribution in [3.8, 4) is 5.75 Å². The lowest BCUT2D eigenvalue weighted by Gasteiger charge is -2.23. The van der Waals surface area contributed by atoms with E-state index in [0.29, 0.717) is 16.5 Å². The molecule has 1 heterocycles. The molecule has 5 nitrogen and oxygen atoms in total. The van der Waals surface area contributed by atoms with E-state index in [9.17, 15) is 18.0 Å². The van der Waals surface area contributed by atoms with E-state index in [1.54, 1.807) is 0 Å². The zero-order valence-electron chi connectivity index (χ0n) is 13.8. The number of carbonyl (C=O) groups excluding carboxylic acids is 1. The standard InChI is InChI=1S/C16H17ClF3N3O2/c1-15(2,3)10-5-8(25-7-16(18,19)20)4-9-11(17)6-12(14(24)23-21)22-13(9)10/h4-6H,7,21H2,1-3H3,(H,23,24). The summed E-state index contributed by atoms with van der Waals surface area (Å²) < 4.78 is 42.1. The minimum atomic E-state index is -4.46. The predicted molar refractivity (Wildman–Crippen MR) is 88.7 cm³/mol. The third-order valence-electron chi connectivity index (χ3n) is 3.41. The van der Waals surface area contributed by atoms with E-state index in [1.165, 1.54) is 18.2 Å². The first kappa shape index (κ1) is 19.3. The van der Waals surface area contributed by atoms with Gasteiger partial charge in [-0.2, -0.15) is 13.2 Å². The molecule has 25 heavy (non-hydrogen) atoms. The SMILES string of the molecule is CC(C)(C)c1cc(OCC(F)(F)F)cc2c(Cl)cc(C(=O)NN)nc12. The van der Waals surface area contributed by atoms with E-state index < -0.39 is 24.1 Å². The molecule has 1 amide bonds. The number of rotatable bonds is 3. The molecule has 0 aliphatic carbocycles. The number of pyridine rings is 1. The van der Waals surface area contributed by atoms with Crippen LogP contribution >= 0.6 is 11.6 Å². The fourth-order valence-corrected chi connectivity index (χ4v) is 2.52. The lowest BCUT2D eigenvalue weighted by atomic mass is 9.85. The Morgan fingerprint density at radius 2 is 1.92 bits per heavy atom. The van der Waals surface area contributed by atoms with Gasteiger partial charge in [0.2, 0.25) is 0 Å². The highest BCUT2D eigenvalue weighted by atomic mass is 35.5. The van der Waals surface area contributed by atoms with Crippen molar-refractivity contribution in [2.75, 3.05) is 6.61 Å². The summed E-state index contributed by atoms with van der Waals surface area (Å²) >= 11 is 6.21. The molecule has 0 saturated carbocycles. The average molecular weight is 376 g/mol. The summed E-state index contributed by atoms with van der Waals surface area (Å²) in [4.78, 5) is 16.0. The Morgan fingerprint density at radius 1 is 1.28 bits per heavy atom. The zero-order valence-corrected chi connectivity index (χ0v) is 14.5. The lowest BCUT2D eigenvalue weighted by Crippen LogP contribution is -2.30. The molecule has 9 heteroatoms. The Labute approximate surface area is 147 Å². The molecule has 0 bridgehead atoms. The number of hydrazine groups is 1. The number of benzene rings is 1. The number of fused-ring (bicyclic) bond motifs is 1. The van der Waals surface area contributed by atoms with Gasteiger partial charge in [0, 0.05) is 5.39 Å². The lowest BCUT2D eigenvalue weighted by molar-refractivity contribution is -0.153. The smallest absolute Gasteiger partial charge is 0.422 e. The minimum absolute atomic E-state index is 0.00876. The average Bonchev–Trinajstić information content (AvgIpc) is 2.50. The summed E-state index contributed by atoms with van der Waals surface area (Å²) in [5.74, 6) is 4.52. The van der Waals surface area contributed by atoms with Gasteiger partial charge in [0.25, 0.3) is 5.91 Å². The van der Waals surface area contributed by atoms with Crippen molar-refractivity contribution >= 4 is 28.4 Å². The van der Waals surface area contributed by atoms with Crippen LogP contribution in [0.4, 0.5) is 13.2 Å². The number of nitrogens with zero attached hydrogens (tertiary/aromatic N) is 1. The predicted octanol–water partition coefficient (Wildman–Crippen LogP) is 3.73. The quantitative estimate of drug-likeness (QED) is 0.487. The molecule has 1 aromatic carbocycles. The van der Waals surface area contributed by atoms with Crippen LogP contribution in [0, 0.1) is 0 Å². The van der Waals surface area contributed by atoms with Crippen molar-refractivity contribution in [1.29, 1.82) is 0 Å². The number of aromatic nitrogens is 1. The summed E-state index contributed by atoms with van der Waals surface area (Å²) in [6, 6.07) is 4.14. The van der Waals surface area contributed by atoms with Gasteiger partial charge in [-0.25, -0.2) is 10.8 Å². The third-order valence-corrected chi connectivity index (χ3v) is 3.72. The van der Waals surface area contributed by atoms with E-state index in [2.05, 4.69) is 4.98 Å². The number of nitrogens with two attached hydrogens (primary N) is 1. The maximum absolute atomic E-state index is 12.4. The molecule has 136 valence electrons. The number of hydrogen-bond acceptors (Lipinski definition) is 4. The fraction of sp³-hybridized carbons (Fsp3) is 0.375. The number of nitrogen functional groups attached to an aromatic ring is 1. The van der Waals surface area contributed by atoms with Crippen molar-refractivity contribution in [2.24, 2.45) is 5.84 Å². The van der Waals surface area contributed by atoms with Crippen LogP contribution in [0.15, 0.2) is 18.2 Å². The maximum atomic E-state index is 12.4. The summed E-state index contributed by atoms with van der Waals surface area (Å²) in [5.41, 5.74) is 2.49. The van der Waals surface area contributed by atoms with Gasteiger partial charge in [-0.05, 0) is 29.2 Å². The summed E-state index contributed by atoms with van der Waals surface area (Å²) in [7, 11) is 0. The van der Waals surface area contributed by atoms with E-state index >= 15 is 0 Å². The van der Waals surface area contributed by atoms with Crippen molar-refractivity contribution in [3.05, 3.63) is 34.5 Å². The van der Waals surface area contributed by atoms with Crippen LogP contribution in [0.2, 0.25) is 5.02 Å². The fourth-order valence-electron chi connectivity index (χ4n) is 2.27. The number of amides is 1. The van der Waals surface area contributed by atoms with Gasteiger partial charge in [0.05, 0.1) is 10.5 Å². The molecular formula is C16H17ClF3N3O2. The molecule has 3 N–H and O–H groups in total. The van der Waals surface area contributed by atoms with Gasteiger partial charge < -0.3 is 4.74 Å². The van der Waals surface area contributed by atoms with Gasteiger partial charge in [-0.15, -0.1) is 0 Å². The van der Waals surface area contributed by atoms with Crippen LogP contribution in [0.5, 0.6) is 5.75 Å². The van der Waals surface area contributed by atoms with Gasteiger partial charge in [0.15, 0.2) is 6.61 Å². The normalized spacial score (nSPS) is 12.3. The molecule has 0 fully saturated rings. The van der Waals surface area contributed by atoms with Crippen LogP contribution in [0.3, 0.4) is 0 Å². The molecule has 0 spiro atoms. The van der Waals surface area contributed by atoms with Crippen molar-refractivity contribution < 1.29 is 22.7 Å². The third kappa shape index (κ3) is 4.52. The van der Waals surface area contributed by atoms with Crippen LogP contribution in [0.1, 0.15) is 36.8 Å². The number of hydrogen-bond donors (Lipinski definition) is 2. The first-order valence-corrected chi connectivity index (χ1v) is 7.65. The molecule has 2 rings (SSSR count). The summed E-state index contributed by atoms with van der Waals surface area (Å²) in [6.07, 6.45) is -4.46. The number of halogens is 4. The van der Waals surface area contributed by atoms with Crippen molar-refractivity contribution in [1.82, 2.24) is 10.4 Å². The molecule has 0 atom stereocenters. The highest BCUT2D eigenvalue weighted by Gasteiger charge is 2.29. The second kappa shape index (κ2) is 6.68. The number of nitrogens with one attached hydrogen (secondary N) is 1. The molecule has 1 aromatic heterocycles. The van der Waals surface area contributed by atoms with E-state index in [1.807, 2.05) is 26.2 Å². The Hall–Kier alpha value is -2.06. The molecule has 0 aliphatic rings. The monoisotopic (exact) mass is 375 g/mol. The Bertz CT molecular complexity index is 817. The largest absolute Gasteiger partial charge is 0.484 e. The van der Waals surface area contributed by atoms with Crippen molar-refractivity contribution in [3.63, 3.8) is 0 Å². The molecule has 0 unspecified atom stereocenters.